The number of hydrogen-bond donors (Lipinski definition) is 1. The Kier molecular flexibility index (Phi) is 3.93. The molecule has 3 heteroatoms. The van der Waals surface area contributed by atoms with Crippen LogP contribution in [-0.4, -0.2) is 23.9 Å². The maximum Gasteiger partial charge on any atom is 0.253 e. The van der Waals surface area contributed by atoms with E-state index in [4.69, 9.17) is 5.73 Å². The van der Waals surface area contributed by atoms with Gasteiger partial charge in [0.2, 0.25) is 0 Å². The number of benzene rings is 1. The molecule has 0 heterocycles. The Morgan fingerprint density at radius 2 is 1.94 bits per heavy atom. The van der Waals surface area contributed by atoms with Crippen LogP contribution >= 0.6 is 0 Å². The molecule has 0 saturated heterocycles. The number of nitrogens with two attached hydrogens (primary N) is 1. The lowest BCUT2D eigenvalue weighted by Crippen LogP contribution is -2.38. The number of carbonyl (C=O) groups excluding carboxylic acids is 1. The van der Waals surface area contributed by atoms with Gasteiger partial charge < -0.3 is 10.6 Å². The van der Waals surface area contributed by atoms with Crippen LogP contribution in [0.1, 0.15) is 31.1 Å². The third-order valence-corrected chi connectivity index (χ3v) is 3.03. The van der Waals surface area contributed by atoms with Crippen LogP contribution in [0.4, 0.5) is 5.69 Å². The van der Waals surface area contributed by atoms with E-state index in [1.165, 1.54) is 0 Å². The van der Waals surface area contributed by atoms with Crippen molar-refractivity contribution >= 4 is 11.6 Å². The third kappa shape index (κ3) is 2.75. The van der Waals surface area contributed by atoms with Crippen molar-refractivity contribution in [3.63, 3.8) is 0 Å². The Balaban J connectivity index is 2.86. The number of hydrogen-bond acceptors (Lipinski definition) is 2. The average molecular weight is 220 g/mol. The van der Waals surface area contributed by atoms with E-state index < -0.39 is 0 Å². The van der Waals surface area contributed by atoms with Crippen molar-refractivity contribution < 1.29 is 4.79 Å². The number of anilines is 1. The molecule has 0 aliphatic carbocycles. The minimum Gasteiger partial charge on any atom is -0.399 e. The normalized spacial score (nSPS) is 12.6. The minimum atomic E-state index is 0.0218. The monoisotopic (exact) mass is 220 g/mol. The Labute approximate surface area is 97.2 Å². The summed E-state index contributed by atoms with van der Waals surface area (Å²) in [7, 11) is 1.83. The van der Waals surface area contributed by atoms with E-state index in [-0.39, 0.29) is 11.9 Å². The molecule has 0 radical (unpaired) electrons. The van der Waals surface area contributed by atoms with Gasteiger partial charge in [-0.15, -0.1) is 0 Å². The molecule has 0 aliphatic rings. The predicted octanol–water partition coefficient (Wildman–Crippen LogP) is 2.39. The fourth-order valence-electron chi connectivity index (χ4n) is 1.51. The van der Waals surface area contributed by atoms with E-state index in [9.17, 15) is 4.79 Å². The molecular weight excluding hydrogens is 200 g/mol. The summed E-state index contributed by atoms with van der Waals surface area (Å²) in [6.07, 6.45) is 0. The summed E-state index contributed by atoms with van der Waals surface area (Å²) in [5, 5.41) is 0. The zero-order chi connectivity index (χ0) is 12.3. The van der Waals surface area contributed by atoms with Crippen molar-refractivity contribution in [1.29, 1.82) is 0 Å². The topological polar surface area (TPSA) is 46.3 Å². The van der Waals surface area contributed by atoms with E-state index in [0.717, 1.165) is 0 Å². The van der Waals surface area contributed by atoms with Gasteiger partial charge in [-0.25, -0.2) is 0 Å². The third-order valence-electron chi connectivity index (χ3n) is 3.03. The lowest BCUT2D eigenvalue weighted by molar-refractivity contribution is 0.0707. The van der Waals surface area contributed by atoms with Gasteiger partial charge in [0.15, 0.2) is 0 Å². The molecule has 1 amide bonds. The highest BCUT2D eigenvalue weighted by atomic mass is 16.2. The highest BCUT2D eigenvalue weighted by molar-refractivity contribution is 5.95. The Morgan fingerprint density at radius 3 is 2.44 bits per heavy atom. The smallest absolute Gasteiger partial charge is 0.253 e. The van der Waals surface area contributed by atoms with Crippen LogP contribution < -0.4 is 5.73 Å². The maximum absolute atomic E-state index is 12.1. The van der Waals surface area contributed by atoms with Crippen LogP contribution in [0.15, 0.2) is 24.3 Å². The number of nitrogen functional groups attached to an aromatic ring is 1. The molecular formula is C13H20N2O. The van der Waals surface area contributed by atoms with Crippen molar-refractivity contribution in [2.24, 2.45) is 5.92 Å². The molecule has 1 atom stereocenters. The second kappa shape index (κ2) is 5.01. The first-order valence-electron chi connectivity index (χ1n) is 5.56. The van der Waals surface area contributed by atoms with Crippen LogP contribution in [-0.2, 0) is 0 Å². The molecule has 1 aromatic rings. The number of rotatable bonds is 3. The SMILES string of the molecule is CC(C)C(C)N(C)C(=O)c1cccc(N)c1. The van der Waals surface area contributed by atoms with Crippen molar-refractivity contribution in [3.8, 4) is 0 Å². The van der Waals surface area contributed by atoms with Crippen molar-refractivity contribution in [3.05, 3.63) is 29.8 Å². The quantitative estimate of drug-likeness (QED) is 0.795. The standard InChI is InChI=1S/C13H20N2O/c1-9(2)10(3)15(4)13(16)11-6-5-7-12(14)8-11/h5-10H,14H2,1-4H3. The average Bonchev–Trinajstić information content (AvgIpc) is 2.26. The predicted molar refractivity (Wildman–Crippen MR) is 67.2 cm³/mol. The van der Waals surface area contributed by atoms with E-state index in [2.05, 4.69) is 20.8 Å². The number of nitrogens with zero attached hydrogens (tertiary/aromatic N) is 1. The Hall–Kier alpha value is -1.51. The summed E-state index contributed by atoms with van der Waals surface area (Å²) in [4.78, 5) is 13.9. The maximum atomic E-state index is 12.1. The van der Waals surface area contributed by atoms with Crippen LogP contribution in [0.2, 0.25) is 0 Å². The highest BCUT2D eigenvalue weighted by Gasteiger charge is 2.19. The molecule has 88 valence electrons. The van der Waals surface area contributed by atoms with Gasteiger partial charge in [-0.1, -0.05) is 19.9 Å². The Bertz CT molecular complexity index is 374. The molecule has 0 saturated carbocycles. The van der Waals surface area contributed by atoms with Crippen molar-refractivity contribution in [2.45, 2.75) is 26.8 Å². The van der Waals surface area contributed by atoms with Gasteiger partial charge in [0.25, 0.3) is 5.91 Å². The summed E-state index contributed by atoms with van der Waals surface area (Å²) in [6, 6.07) is 7.31. The van der Waals surface area contributed by atoms with Crippen LogP contribution in [0.5, 0.6) is 0 Å². The molecule has 0 bridgehead atoms. The van der Waals surface area contributed by atoms with E-state index in [0.29, 0.717) is 17.2 Å². The molecule has 2 N–H and O–H groups in total. The van der Waals surface area contributed by atoms with Gasteiger partial charge in [-0.3, -0.25) is 4.79 Å². The van der Waals surface area contributed by atoms with E-state index in [1.54, 1.807) is 29.2 Å². The van der Waals surface area contributed by atoms with Gasteiger partial charge in [0.1, 0.15) is 0 Å². The Morgan fingerprint density at radius 1 is 1.31 bits per heavy atom. The minimum absolute atomic E-state index is 0.0218. The number of amides is 1. The molecule has 3 nitrogen and oxygen atoms in total. The molecule has 0 fully saturated rings. The van der Waals surface area contributed by atoms with Gasteiger partial charge >= 0.3 is 0 Å². The van der Waals surface area contributed by atoms with Crippen molar-refractivity contribution in [1.82, 2.24) is 4.90 Å². The van der Waals surface area contributed by atoms with Crippen LogP contribution in [0, 0.1) is 5.92 Å². The summed E-state index contributed by atoms with van der Waals surface area (Å²) >= 11 is 0. The van der Waals surface area contributed by atoms with E-state index in [1.807, 2.05) is 7.05 Å². The van der Waals surface area contributed by atoms with Gasteiger partial charge in [0, 0.05) is 24.3 Å². The van der Waals surface area contributed by atoms with Crippen LogP contribution in [0.25, 0.3) is 0 Å². The molecule has 1 unspecified atom stereocenters. The summed E-state index contributed by atoms with van der Waals surface area (Å²) in [6.45, 7) is 6.26. The summed E-state index contributed by atoms with van der Waals surface area (Å²) in [5.74, 6) is 0.462. The second-order valence-electron chi connectivity index (χ2n) is 4.53. The molecule has 1 rings (SSSR count). The molecule has 0 aliphatic heterocycles. The zero-order valence-corrected chi connectivity index (χ0v) is 10.4. The second-order valence-corrected chi connectivity index (χ2v) is 4.53. The molecule has 1 aromatic carbocycles. The first kappa shape index (κ1) is 12.6. The lowest BCUT2D eigenvalue weighted by Gasteiger charge is -2.28. The molecule has 0 aromatic heterocycles. The fraction of sp³-hybridized carbons (Fsp3) is 0.462. The summed E-state index contributed by atoms with van der Waals surface area (Å²) in [5.41, 5.74) is 6.93. The summed E-state index contributed by atoms with van der Waals surface area (Å²) < 4.78 is 0. The van der Waals surface area contributed by atoms with Crippen LogP contribution in [0.3, 0.4) is 0 Å². The lowest BCUT2D eigenvalue weighted by atomic mass is 10.0. The van der Waals surface area contributed by atoms with Gasteiger partial charge in [0.05, 0.1) is 0 Å². The zero-order valence-electron chi connectivity index (χ0n) is 10.4. The van der Waals surface area contributed by atoms with E-state index >= 15 is 0 Å². The number of carbonyl (C=O) groups is 1. The first-order chi connectivity index (χ1) is 7.43. The fourth-order valence-corrected chi connectivity index (χ4v) is 1.51. The molecule has 0 spiro atoms. The van der Waals surface area contributed by atoms with Gasteiger partial charge in [-0.2, -0.15) is 0 Å². The van der Waals surface area contributed by atoms with Gasteiger partial charge in [-0.05, 0) is 31.0 Å². The highest BCUT2D eigenvalue weighted by Crippen LogP contribution is 2.14. The first-order valence-corrected chi connectivity index (χ1v) is 5.56. The van der Waals surface area contributed by atoms with Crippen molar-refractivity contribution in [2.75, 3.05) is 12.8 Å². The molecule has 16 heavy (non-hydrogen) atoms. The largest absolute Gasteiger partial charge is 0.399 e.